The van der Waals surface area contributed by atoms with E-state index in [4.69, 9.17) is 0 Å². The average Bonchev–Trinajstić information content (AvgIpc) is 2.57. The average molecular weight is 329 g/mol. The van der Waals surface area contributed by atoms with Gasteiger partial charge in [-0.15, -0.1) is 0 Å². The molecule has 1 aliphatic rings. The lowest BCUT2D eigenvalue weighted by Crippen LogP contribution is -2.42. The second kappa shape index (κ2) is 12.6. The summed E-state index contributed by atoms with van der Waals surface area (Å²) >= 11 is 1.88. The van der Waals surface area contributed by atoms with E-state index >= 15 is 0 Å². The molecule has 0 aromatic carbocycles. The van der Waals surface area contributed by atoms with Crippen molar-refractivity contribution in [2.45, 2.75) is 44.9 Å². The van der Waals surface area contributed by atoms with Crippen LogP contribution in [0.3, 0.4) is 0 Å². The van der Waals surface area contributed by atoms with Crippen LogP contribution in [0.25, 0.3) is 0 Å². The Kier molecular flexibility index (Phi) is 11.0. The molecule has 1 rings (SSSR count). The van der Waals surface area contributed by atoms with E-state index < -0.39 is 0 Å². The Bertz CT molecular complexity index is 330. The Morgan fingerprint density at radius 2 is 1.73 bits per heavy atom. The molecule has 5 nitrogen and oxygen atoms in total. The second-order valence-corrected chi connectivity index (χ2v) is 6.74. The Labute approximate surface area is 139 Å². The molecule has 1 aliphatic carbocycles. The molecule has 0 unspecified atom stereocenters. The predicted molar refractivity (Wildman–Crippen MR) is 96.6 cm³/mol. The van der Waals surface area contributed by atoms with Crippen molar-refractivity contribution in [2.24, 2.45) is 10.9 Å². The molecular formula is C16H32N4OS. The van der Waals surface area contributed by atoms with Gasteiger partial charge in [-0.25, -0.2) is 0 Å². The lowest BCUT2D eigenvalue weighted by atomic mass is 9.89. The first kappa shape index (κ1) is 19.1. The lowest BCUT2D eigenvalue weighted by Gasteiger charge is -2.21. The Morgan fingerprint density at radius 3 is 2.41 bits per heavy atom. The van der Waals surface area contributed by atoms with E-state index in [0.29, 0.717) is 13.1 Å². The van der Waals surface area contributed by atoms with Gasteiger partial charge in [0.15, 0.2) is 5.96 Å². The number of hydrogen-bond acceptors (Lipinski definition) is 3. The van der Waals surface area contributed by atoms with E-state index in [-0.39, 0.29) is 11.8 Å². The number of amides is 1. The molecule has 0 atom stereocenters. The monoisotopic (exact) mass is 328 g/mol. The molecule has 128 valence electrons. The van der Waals surface area contributed by atoms with Crippen molar-refractivity contribution in [1.82, 2.24) is 16.0 Å². The normalized spacial score (nSPS) is 16.4. The van der Waals surface area contributed by atoms with Gasteiger partial charge in [0.1, 0.15) is 0 Å². The molecule has 1 fully saturated rings. The van der Waals surface area contributed by atoms with Gasteiger partial charge >= 0.3 is 0 Å². The van der Waals surface area contributed by atoms with Crippen LogP contribution in [-0.2, 0) is 4.79 Å². The third kappa shape index (κ3) is 8.51. The maximum absolute atomic E-state index is 12.0. The molecule has 0 aromatic rings. The van der Waals surface area contributed by atoms with Crippen molar-refractivity contribution in [3.05, 3.63) is 0 Å². The molecule has 0 heterocycles. The van der Waals surface area contributed by atoms with Crippen LogP contribution in [0.4, 0.5) is 0 Å². The van der Waals surface area contributed by atoms with Crippen molar-refractivity contribution in [3.8, 4) is 0 Å². The van der Waals surface area contributed by atoms with Crippen molar-refractivity contribution in [1.29, 1.82) is 0 Å². The van der Waals surface area contributed by atoms with Gasteiger partial charge in [-0.05, 0) is 37.7 Å². The number of guanidine groups is 1. The minimum absolute atomic E-state index is 0.224. The largest absolute Gasteiger partial charge is 0.356 e. The zero-order valence-corrected chi connectivity index (χ0v) is 14.9. The van der Waals surface area contributed by atoms with Gasteiger partial charge in [-0.2, -0.15) is 11.8 Å². The van der Waals surface area contributed by atoms with Crippen LogP contribution < -0.4 is 16.0 Å². The fourth-order valence-corrected chi connectivity index (χ4v) is 3.17. The van der Waals surface area contributed by atoms with Crippen molar-refractivity contribution in [3.63, 3.8) is 0 Å². The number of carbonyl (C=O) groups excluding carboxylic acids is 1. The standard InChI is InChI=1S/C16H32N4OS/c1-17-16(19-10-6-7-13-22-2)20-12-11-18-15(21)14-8-4-3-5-9-14/h14H,3-13H2,1-2H3,(H,18,21)(H2,17,19,20). The topological polar surface area (TPSA) is 65.5 Å². The van der Waals surface area contributed by atoms with Crippen LogP contribution in [0, 0.1) is 5.92 Å². The highest BCUT2D eigenvalue weighted by atomic mass is 32.2. The summed E-state index contributed by atoms with van der Waals surface area (Å²) in [4.78, 5) is 16.2. The molecule has 22 heavy (non-hydrogen) atoms. The van der Waals surface area contributed by atoms with E-state index in [0.717, 1.165) is 31.8 Å². The number of hydrogen-bond donors (Lipinski definition) is 3. The molecule has 3 N–H and O–H groups in total. The van der Waals surface area contributed by atoms with Crippen LogP contribution in [0.1, 0.15) is 44.9 Å². The Hall–Kier alpha value is -0.910. The molecule has 1 amide bonds. The summed E-state index contributed by atoms with van der Waals surface area (Å²) in [5.41, 5.74) is 0. The highest BCUT2D eigenvalue weighted by Gasteiger charge is 2.20. The number of unbranched alkanes of at least 4 members (excludes halogenated alkanes) is 1. The van der Waals surface area contributed by atoms with Gasteiger partial charge in [-0.1, -0.05) is 19.3 Å². The van der Waals surface area contributed by atoms with Crippen molar-refractivity contribution < 1.29 is 4.79 Å². The van der Waals surface area contributed by atoms with E-state index in [1.807, 2.05) is 11.8 Å². The number of aliphatic imine (C=N–C) groups is 1. The van der Waals surface area contributed by atoms with E-state index in [9.17, 15) is 4.79 Å². The number of nitrogens with zero attached hydrogens (tertiary/aromatic N) is 1. The highest BCUT2D eigenvalue weighted by Crippen LogP contribution is 2.23. The van der Waals surface area contributed by atoms with Crippen molar-refractivity contribution in [2.75, 3.05) is 38.7 Å². The molecular weight excluding hydrogens is 296 g/mol. The van der Waals surface area contributed by atoms with Gasteiger partial charge in [0, 0.05) is 32.6 Å². The third-order valence-corrected chi connectivity index (χ3v) is 4.68. The minimum Gasteiger partial charge on any atom is -0.356 e. The smallest absolute Gasteiger partial charge is 0.223 e. The zero-order chi connectivity index (χ0) is 16.0. The summed E-state index contributed by atoms with van der Waals surface area (Å²) in [6.07, 6.45) is 10.3. The lowest BCUT2D eigenvalue weighted by molar-refractivity contribution is -0.125. The zero-order valence-electron chi connectivity index (χ0n) is 14.1. The van der Waals surface area contributed by atoms with Gasteiger partial charge in [-0.3, -0.25) is 9.79 Å². The molecule has 6 heteroatoms. The quantitative estimate of drug-likeness (QED) is 0.344. The summed E-state index contributed by atoms with van der Waals surface area (Å²) in [6, 6.07) is 0. The van der Waals surface area contributed by atoms with Gasteiger partial charge in [0.25, 0.3) is 0 Å². The molecule has 0 bridgehead atoms. The van der Waals surface area contributed by atoms with Gasteiger partial charge in [0.2, 0.25) is 5.91 Å². The Morgan fingerprint density at radius 1 is 1.05 bits per heavy atom. The van der Waals surface area contributed by atoms with Crippen LogP contribution >= 0.6 is 11.8 Å². The highest BCUT2D eigenvalue weighted by molar-refractivity contribution is 7.98. The van der Waals surface area contributed by atoms with Crippen LogP contribution in [-0.4, -0.2) is 50.6 Å². The van der Waals surface area contributed by atoms with Gasteiger partial charge in [0.05, 0.1) is 0 Å². The number of carbonyl (C=O) groups is 1. The van der Waals surface area contributed by atoms with E-state index in [2.05, 4.69) is 27.2 Å². The van der Waals surface area contributed by atoms with Crippen LogP contribution in [0.5, 0.6) is 0 Å². The Balaban J connectivity index is 2.04. The SMILES string of the molecule is CN=C(NCCCCSC)NCCNC(=O)C1CCCCC1. The minimum atomic E-state index is 0.224. The van der Waals surface area contributed by atoms with Gasteiger partial charge < -0.3 is 16.0 Å². The summed E-state index contributed by atoms with van der Waals surface area (Å²) in [5.74, 6) is 2.49. The maximum atomic E-state index is 12.0. The van der Waals surface area contributed by atoms with E-state index in [1.54, 1.807) is 7.05 Å². The first-order valence-corrected chi connectivity index (χ1v) is 9.88. The summed E-state index contributed by atoms with van der Waals surface area (Å²) < 4.78 is 0. The number of nitrogens with one attached hydrogen (secondary N) is 3. The van der Waals surface area contributed by atoms with Crippen LogP contribution in [0.15, 0.2) is 4.99 Å². The van der Waals surface area contributed by atoms with Crippen molar-refractivity contribution >= 4 is 23.6 Å². The summed E-state index contributed by atoms with van der Waals surface area (Å²) in [5, 5.41) is 9.56. The molecule has 0 radical (unpaired) electrons. The first-order valence-electron chi connectivity index (χ1n) is 8.49. The molecule has 0 spiro atoms. The third-order valence-electron chi connectivity index (χ3n) is 3.98. The fraction of sp³-hybridized carbons (Fsp3) is 0.875. The number of thioether (sulfide) groups is 1. The second-order valence-electron chi connectivity index (χ2n) is 5.75. The maximum Gasteiger partial charge on any atom is 0.223 e. The summed E-state index contributed by atoms with van der Waals surface area (Å²) in [7, 11) is 1.78. The molecule has 0 aliphatic heterocycles. The molecule has 0 saturated heterocycles. The first-order chi connectivity index (χ1) is 10.8. The molecule has 0 aromatic heterocycles. The fourth-order valence-electron chi connectivity index (χ4n) is 2.67. The number of rotatable bonds is 9. The predicted octanol–water partition coefficient (Wildman–Crippen LogP) is 1.99. The summed E-state index contributed by atoms with van der Waals surface area (Å²) in [6.45, 7) is 2.31. The van der Waals surface area contributed by atoms with Crippen LogP contribution in [0.2, 0.25) is 0 Å². The van der Waals surface area contributed by atoms with E-state index in [1.165, 1.54) is 31.4 Å². The molecule has 1 saturated carbocycles.